The Morgan fingerprint density at radius 3 is 2.59 bits per heavy atom. The van der Waals surface area contributed by atoms with Gasteiger partial charge >= 0.3 is 7.60 Å². The molecule has 44 heavy (non-hydrogen) atoms. The Morgan fingerprint density at radius 1 is 1.20 bits per heavy atom. The number of hydrogen-bond acceptors (Lipinski definition) is 9. The van der Waals surface area contributed by atoms with E-state index in [0.717, 1.165) is 5.56 Å². The molecule has 16 heteroatoms. The number of carbonyl (C=O) groups is 3. The van der Waals surface area contributed by atoms with Gasteiger partial charge in [-0.25, -0.2) is 4.98 Å². The first-order valence-corrected chi connectivity index (χ1v) is 16.5. The average Bonchev–Trinajstić information content (AvgIpc) is 3.40. The van der Waals surface area contributed by atoms with Crippen molar-refractivity contribution in [2.75, 3.05) is 25.1 Å². The number of likely N-dealkylation sites (tertiary alicyclic amines) is 1. The van der Waals surface area contributed by atoms with Gasteiger partial charge in [0.2, 0.25) is 11.8 Å². The van der Waals surface area contributed by atoms with E-state index >= 15 is 0 Å². The highest BCUT2D eigenvalue weighted by Gasteiger charge is 2.66. The van der Waals surface area contributed by atoms with Crippen molar-refractivity contribution in [3.05, 3.63) is 56.6 Å². The molecule has 14 nitrogen and oxygen atoms in total. The molecule has 232 valence electrons. The summed E-state index contributed by atoms with van der Waals surface area (Å²) in [5.41, 5.74) is 9.75. The van der Waals surface area contributed by atoms with Gasteiger partial charge in [-0.15, -0.1) is 0 Å². The number of halogens is 1. The van der Waals surface area contributed by atoms with Crippen molar-refractivity contribution < 1.29 is 28.0 Å². The zero-order chi connectivity index (χ0) is 31.8. The van der Waals surface area contributed by atoms with Crippen LogP contribution in [0.5, 0.6) is 0 Å². The van der Waals surface area contributed by atoms with Gasteiger partial charge in [0.05, 0.1) is 24.0 Å². The molecule has 2 fully saturated rings. The lowest BCUT2D eigenvalue weighted by Crippen LogP contribution is -2.47. The second-order valence-electron chi connectivity index (χ2n) is 10.9. The van der Waals surface area contributed by atoms with E-state index in [2.05, 4.69) is 41.4 Å². The largest absolute Gasteiger partial charge is 0.361 e. The van der Waals surface area contributed by atoms with Gasteiger partial charge in [0.15, 0.2) is 5.78 Å². The predicted molar refractivity (Wildman–Crippen MR) is 166 cm³/mol. The first kappa shape index (κ1) is 31.8. The number of pyridine rings is 1. The number of ketones is 1. The number of Topliss-reactive ketones (excluding diaryl/α,β-unsaturated/α-hetero) is 1. The fraction of sp³-hybridized carbons (Fsp3) is 0.464. The van der Waals surface area contributed by atoms with Gasteiger partial charge in [-0.05, 0) is 84.9 Å². The molecule has 3 atom stereocenters. The van der Waals surface area contributed by atoms with Crippen LogP contribution >= 0.6 is 23.5 Å². The van der Waals surface area contributed by atoms with Gasteiger partial charge in [-0.2, -0.15) is 5.10 Å². The highest BCUT2D eigenvalue weighted by atomic mass is 79.9. The zero-order valence-corrected chi connectivity index (χ0v) is 27.2. The van der Waals surface area contributed by atoms with Crippen molar-refractivity contribution >= 4 is 63.1 Å². The molecule has 5 rings (SSSR count). The van der Waals surface area contributed by atoms with Crippen LogP contribution in [0.25, 0.3) is 21.3 Å². The Bertz CT molecular complexity index is 1750. The van der Waals surface area contributed by atoms with Crippen LogP contribution in [0.4, 0.5) is 5.82 Å². The quantitative estimate of drug-likeness (QED) is 0.0697. The summed E-state index contributed by atoms with van der Waals surface area (Å²) < 4.78 is 26.5. The SMILES string of the molecule is CCOP(=O)(OCC)c1ccc2c(C(C)=O)nn(CC(=O)N3[C@H](C(=O)Nc4nc(Br)ccc4C)C[C@@]4(CN=[N+]=[N-])C[C@@H]34)c2c1. The van der Waals surface area contributed by atoms with Crippen molar-refractivity contribution in [1.29, 1.82) is 0 Å². The summed E-state index contributed by atoms with van der Waals surface area (Å²) in [6.45, 7) is 6.76. The maximum atomic E-state index is 14.0. The summed E-state index contributed by atoms with van der Waals surface area (Å²) in [6, 6.07) is 7.16. The van der Waals surface area contributed by atoms with E-state index in [1.54, 1.807) is 38.1 Å². The lowest BCUT2D eigenvalue weighted by atomic mass is 9.99. The fourth-order valence-corrected chi connectivity index (χ4v) is 7.79. The van der Waals surface area contributed by atoms with E-state index in [-0.39, 0.29) is 49.1 Å². The molecule has 0 unspecified atom stereocenters. The van der Waals surface area contributed by atoms with E-state index in [4.69, 9.17) is 14.6 Å². The van der Waals surface area contributed by atoms with E-state index in [1.807, 2.05) is 13.0 Å². The Kier molecular flexibility index (Phi) is 8.97. The van der Waals surface area contributed by atoms with Crippen LogP contribution in [0.1, 0.15) is 49.7 Å². The zero-order valence-electron chi connectivity index (χ0n) is 24.7. The number of anilines is 1. The number of amides is 2. The van der Waals surface area contributed by atoms with Crippen molar-refractivity contribution in [2.24, 2.45) is 10.5 Å². The number of aromatic nitrogens is 3. The third-order valence-corrected chi connectivity index (χ3v) is 10.6. The highest BCUT2D eigenvalue weighted by Crippen LogP contribution is 2.60. The van der Waals surface area contributed by atoms with Crippen LogP contribution in [0.2, 0.25) is 0 Å². The number of azide groups is 1. The molecule has 2 aliphatic rings. The van der Waals surface area contributed by atoms with Crippen molar-refractivity contribution in [1.82, 2.24) is 19.7 Å². The minimum atomic E-state index is -3.68. The smallest absolute Gasteiger partial charge is 0.325 e. The second-order valence-corrected chi connectivity index (χ2v) is 13.7. The van der Waals surface area contributed by atoms with E-state index in [0.29, 0.717) is 34.2 Å². The maximum absolute atomic E-state index is 14.0. The van der Waals surface area contributed by atoms with Gasteiger partial charge < -0.3 is 19.3 Å². The number of carbonyl (C=O) groups excluding carboxylic acids is 3. The normalized spacial score (nSPS) is 20.7. The molecule has 1 aliphatic heterocycles. The summed E-state index contributed by atoms with van der Waals surface area (Å²) in [7, 11) is -3.68. The van der Waals surface area contributed by atoms with Crippen LogP contribution in [-0.2, 0) is 29.7 Å². The van der Waals surface area contributed by atoms with Gasteiger partial charge in [-0.1, -0.05) is 11.2 Å². The lowest BCUT2D eigenvalue weighted by molar-refractivity contribution is -0.138. The summed E-state index contributed by atoms with van der Waals surface area (Å²) >= 11 is 3.32. The molecule has 1 N–H and O–H groups in total. The number of rotatable bonds is 12. The molecule has 3 aromatic rings. The topological polar surface area (TPSA) is 181 Å². The lowest BCUT2D eigenvalue weighted by Gasteiger charge is -2.27. The average molecular weight is 687 g/mol. The molecule has 0 bridgehead atoms. The van der Waals surface area contributed by atoms with Crippen molar-refractivity contribution in [3.8, 4) is 0 Å². The van der Waals surface area contributed by atoms with Crippen molar-refractivity contribution in [3.63, 3.8) is 0 Å². The Balaban J connectivity index is 1.50. The number of piperidine rings is 1. The standard InChI is InChI=1S/C28H32BrN8O6P/c1-5-42-44(41,43-6-2)18-8-9-19-20(11-18)36(34-25(19)17(4)38)14-24(39)37-21(12-28(13-22(28)37)15-31-35-30)27(40)33-26-16(3)7-10-23(29)32-26/h7-11,21-22H,5-6,12-15H2,1-4H3,(H,32,33,40)/t21-,22+,28-/m0/s1. The summed E-state index contributed by atoms with van der Waals surface area (Å²) in [5, 5.41) is 11.8. The summed E-state index contributed by atoms with van der Waals surface area (Å²) in [6.07, 6.45) is 0.903. The van der Waals surface area contributed by atoms with Gasteiger partial charge in [0, 0.05) is 35.2 Å². The first-order valence-electron chi connectivity index (χ1n) is 14.1. The molecule has 0 radical (unpaired) electrons. The predicted octanol–water partition coefficient (Wildman–Crippen LogP) is 4.90. The van der Waals surface area contributed by atoms with Gasteiger partial charge in [0.25, 0.3) is 0 Å². The van der Waals surface area contributed by atoms with Crippen molar-refractivity contribution in [2.45, 2.75) is 59.2 Å². The fourth-order valence-electron chi connectivity index (χ4n) is 5.89. The number of nitrogens with one attached hydrogen (secondary N) is 1. The third kappa shape index (κ3) is 5.90. The van der Waals surface area contributed by atoms with E-state index in [1.165, 1.54) is 16.5 Å². The molecule has 1 saturated heterocycles. The van der Waals surface area contributed by atoms with Crippen LogP contribution in [-0.4, -0.2) is 69.1 Å². The second kappa shape index (κ2) is 12.4. The van der Waals surface area contributed by atoms with Gasteiger partial charge in [0.1, 0.15) is 28.7 Å². The van der Waals surface area contributed by atoms with Crippen LogP contribution in [0.15, 0.2) is 40.0 Å². The first-order chi connectivity index (χ1) is 21.0. The minimum absolute atomic E-state index is 0.151. The van der Waals surface area contributed by atoms with Gasteiger partial charge in [-0.3, -0.25) is 23.6 Å². The van der Waals surface area contributed by atoms with Crippen LogP contribution in [0.3, 0.4) is 0 Å². The third-order valence-electron chi connectivity index (χ3n) is 8.03. The number of benzene rings is 1. The Labute approximate surface area is 261 Å². The number of hydrogen-bond donors (Lipinski definition) is 1. The molecule has 1 aliphatic carbocycles. The molecule has 2 aromatic heterocycles. The Morgan fingerprint density at radius 2 is 1.93 bits per heavy atom. The molecule has 1 aromatic carbocycles. The Hall–Kier alpha value is -3.61. The van der Waals surface area contributed by atoms with E-state index in [9.17, 15) is 18.9 Å². The maximum Gasteiger partial charge on any atom is 0.361 e. The van der Waals surface area contributed by atoms with Crippen LogP contribution < -0.4 is 10.6 Å². The molecular weight excluding hydrogens is 655 g/mol. The summed E-state index contributed by atoms with van der Waals surface area (Å²) in [4.78, 5) is 48.9. The van der Waals surface area contributed by atoms with Crippen LogP contribution in [0, 0.1) is 12.3 Å². The number of aryl methyl sites for hydroxylation is 1. The molecule has 2 amide bonds. The monoisotopic (exact) mass is 686 g/mol. The molecule has 0 spiro atoms. The highest BCUT2D eigenvalue weighted by molar-refractivity contribution is 9.10. The van der Waals surface area contributed by atoms with E-state index < -0.39 is 30.9 Å². The molecule has 3 heterocycles. The molecular formula is C28H32BrN8O6P. The molecule has 1 saturated carbocycles. The number of fused-ring (bicyclic) bond motifs is 2. The number of nitrogens with zero attached hydrogens (tertiary/aromatic N) is 7. The minimum Gasteiger partial charge on any atom is -0.325 e. The summed E-state index contributed by atoms with van der Waals surface area (Å²) in [5.74, 6) is -0.758.